The van der Waals surface area contributed by atoms with Gasteiger partial charge in [0.2, 0.25) is 0 Å². The molecule has 1 N–H and O–H groups in total. The summed E-state index contributed by atoms with van der Waals surface area (Å²) in [5.74, 6) is -0.849. The van der Waals surface area contributed by atoms with Gasteiger partial charge in [-0.25, -0.2) is 14.1 Å². The third-order valence-corrected chi connectivity index (χ3v) is 6.11. The number of halogens is 2. The van der Waals surface area contributed by atoms with Gasteiger partial charge in [-0.3, -0.25) is 14.9 Å². The van der Waals surface area contributed by atoms with Gasteiger partial charge in [0.1, 0.15) is 35.2 Å². The molecule has 0 atom stereocenters. The summed E-state index contributed by atoms with van der Waals surface area (Å²) in [6.45, 7) is 4.28. The number of rotatable bonds is 9. The van der Waals surface area contributed by atoms with E-state index in [-0.39, 0.29) is 29.4 Å². The van der Waals surface area contributed by atoms with Gasteiger partial charge in [-0.2, -0.15) is 0 Å². The van der Waals surface area contributed by atoms with Gasteiger partial charge in [-0.15, -0.1) is 0 Å². The number of nitrogens with one attached hydrogen (secondary N) is 1. The van der Waals surface area contributed by atoms with E-state index in [1.165, 1.54) is 18.2 Å². The number of barbiturate groups is 1. The van der Waals surface area contributed by atoms with Crippen LogP contribution >= 0.6 is 15.9 Å². The number of benzene rings is 3. The van der Waals surface area contributed by atoms with Crippen LogP contribution in [0.1, 0.15) is 25.0 Å². The highest BCUT2D eigenvalue weighted by atomic mass is 79.9. The van der Waals surface area contributed by atoms with Crippen molar-refractivity contribution in [2.24, 2.45) is 0 Å². The molecule has 3 aromatic rings. The molecule has 196 valence electrons. The second-order valence-corrected chi connectivity index (χ2v) is 8.88. The fourth-order valence-corrected chi connectivity index (χ4v) is 4.25. The van der Waals surface area contributed by atoms with Crippen molar-refractivity contribution in [1.82, 2.24) is 5.32 Å². The van der Waals surface area contributed by atoms with Crippen LogP contribution in [0.3, 0.4) is 0 Å². The molecule has 1 aliphatic rings. The van der Waals surface area contributed by atoms with E-state index in [1.54, 1.807) is 55.5 Å². The summed E-state index contributed by atoms with van der Waals surface area (Å²) < 4.78 is 31.3. The van der Waals surface area contributed by atoms with Gasteiger partial charge in [0, 0.05) is 11.6 Å². The zero-order valence-electron chi connectivity index (χ0n) is 20.6. The third-order valence-electron chi connectivity index (χ3n) is 5.49. The molecule has 0 bridgehead atoms. The van der Waals surface area contributed by atoms with Crippen LogP contribution < -0.4 is 24.4 Å². The quantitative estimate of drug-likeness (QED) is 0.259. The lowest BCUT2D eigenvalue weighted by Gasteiger charge is -2.28. The van der Waals surface area contributed by atoms with Crippen molar-refractivity contribution in [3.63, 3.8) is 0 Å². The van der Waals surface area contributed by atoms with Crippen LogP contribution in [0.15, 0.2) is 70.7 Å². The molecule has 1 aliphatic heterocycles. The van der Waals surface area contributed by atoms with Crippen LogP contribution in [0, 0.1) is 5.82 Å². The van der Waals surface area contributed by atoms with Crippen LogP contribution in [0.25, 0.3) is 6.08 Å². The summed E-state index contributed by atoms with van der Waals surface area (Å²) >= 11 is 3.41. The first kappa shape index (κ1) is 26.9. The largest absolute Gasteiger partial charge is 0.494 e. The number of hydrogen-bond donors (Lipinski definition) is 1. The number of nitrogens with zero attached hydrogens (tertiary/aromatic N) is 1. The minimum absolute atomic E-state index is 0.0205. The average Bonchev–Trinajstić information content (AvgIpc) is 2.88. The molecule has 0 unspecified atom stereocenters. The van der Waals surface area contributed by atoms with E-state index in [4.69, 9.17) is 14.2 Å². The number of anilines is 1. The molecule has 4 rings (SSSR count). The van der Waals surface area contributed by atoms with Gasteiger partial charge in [0.25, 0.3) is 11.8 Å². The first-order valence-corrected chi connectivity index (χ1v) is 12.6. The second-order valence-electron chi connectivity index (χ2n) is 8.02. The lowest BCUT2D eigenvalue weighted by atomic mass is 10.1. The van der Waals surface area contributed by atoms with Crippen LogP contribution in [0.2, 0.25) is 0 Å². The van der Waals surface area contributed by atoms with Crippen molar-refractivity contribution in [3.8, 4) is 17.2 Å². The SMILES string of the molecule is CCOc1ccc(OCC)c(N2C(=O)NC(=O)C(=Cc3ccc(OCc4ccccc4F)c(Br)c3)C2=O)c1. The zero-order chi connectivity index (χ0) is 27.2. The van der Waals surface area contributed by atoms with Gasteiger partial charge in [-0.1, -0.05) is 24.3 Å². The Balaban J connectivity index is 1.62. The Morgan fingerprint density at radius 2 is 1.66 bits per heavy atom. The first-order chi connectivity index (χ1) is 18.3. The molecule has 4 amide bonds. The molecule has 10 heteroatoms. The van der Waals surface area contributed by atoms with E-state index in [2.05, 4.69) is 21.2 Å². The molecular formula is C28H24BrFN2O6. The van der Waals surface area contributed by atoms with Crippen molar-refractivity contribution in [1.29, 1.82) is 0 Å². The molecule has 0 aliphatic carbocycles. The molecule has 1 fully saturated rings. The molecular weight excluding hydrogens is 559 g/mol. The maximum atomic E-state index is 13.9. The highest BCUT2D eigenvalue weighted by Crippen LogP contribution is 2.35. The standard InChI is InChI=1S/C28H24BrFN2O6/c1-3-36-19-10-12-25(37-4-2)23(15-19)32-27(34)20(26(33)31-28(32)35)13-17-9-11-24(21(29)14-17)38-16-18-7-5-6-8-22(18)30/h5-15H,3-4,16H2,1-2H3,(H,31,33,35). The number of carbonyl (C=O) groups is 3. The molecule has 3 aromatic carbocycles. The van der Waals surface area contributed by atoms with Crippen LogP contribution in [0.5, 0.6) is 17.2 Å². The van der Waals surface area contributed by atoms with Crippen LogP contribution in [-0.2, 0) is 16.2 Å². The smallest absolute Gasteiger partial charge is 0.336 e. The van der Waals surface area contributed by atoms with E-state index in [1.807, 2.05) is 6.92 Å². The Hall–Kier alpha value is -4.18. The summed E-state index contributed by atoms with van der Waals surface area (Å²) in [6, 6.07) is 15.1. The monoisotopic (exact) mass is 582 g/mol. The predicted molar refractivity (Wildman–Crippen MR) is 143 cm³/mol. The fourth-order valence-electron chi connectivity index (χ4n) is 3.74. The molecule has 0 saturated carbocycles. The highest BCUT2D eigenvalue weighted by molar-refractivity contribution is 9.10. The number of urea groups is 1. The second kappa shape index (κ2) is 11.9. The number of carbonyl (C=O) groups excluding carboxylic acids is 3. The van der Waals surface area contributed by atoms with Crippen LogP contribution in [0.4, 0.5) is 14.9 Å². The highest BCUT2D eigenvalue weighted by Gasteiger charge is 2.38. The number of hydrogen-bond acceptors (Lipinski definition) is 6. The minimum Gasteiger partial charge on any atom is -0.494 e. The molecule has 0 aromatic heterocycles. The molecule has 38 heavy (non-hydrogen) atoms. The lowest BCUT2D eigenvalue weighted by molar-refractivity contribution is -0.122. The van der Waals surface area contributed by atoms with E-state index in [0.717, 1.165) is 4.90 Å². The van der Waals surface area contributed by atoms with E-state index >= 15 is 0 Å². The van der Waals surface area contributed by atoms with Crippen molar-refractivity contribution >= 4 is 45.5 Å². The zero-order valence-corrected chi connectivity index (χ0v) is 22.2. The Bertz CT molecular complexity index is 1420. The van der Waals surface area contributed by atoms with E-state index in [9.17, 15) is 18.8 Å². The van der Waals surface area contributed by atoms with E-state index in [0.29, 0.717) is 40.3 Å². The Kier molecular flexibility index (Phi) is 8.42. The summed E-state index contributed by atoms with van der Waals surface area (Å²) in [6.07, 6.45) is 1.37. The van der Waals surface area contributed by atoms with Crippen molar-refractivity contribution in [2.75, 3.05) is 18.1 Å². The Labute approximate surface area is 227 Å². The van der Waals surface area contributed by atoms with Gasteiger partial charge in [0.15, 0.2) is 0 Å². The predicted octanol–water partition coefficient (Wildman–Crippen LogP) is 5.63. The van der Waals surface area contributed by atoms with Crippen molar-refractivity contribution < 1.29 is 33.0 Å². The third kappa shape index (κ3) is 5.86. The van der Waals surface area contributed by atoms with Crippen molar-refractivity contribution in [2.45, 2.75) is 20.5 Å². The van der Waals surface area contributed by atoms with Crippen LogP contribution in [-0.4, -0.2) is 31.1 Å². The maximum Gasteiger partial charge on any atom is 0.336 e. The normalized spacial score (nSPS) is 14.5. The molecule has 0 spiro atoms. The number of amides is 4. The number of ether oxygens (including phenoxy) is 3. The summed E-state index contributed by atoms with van der Waals surface area (Å²) in [5.41, 5.74) is 0.799. The topological polar surface area (TPSA) is 94.2 Å². The van der Waals surface area contributed by atoms with Crippen molar-refractivity contribution in [3.05, 3.63) is 87.7 Å². The molecule has 1 saturated heterocycles. The average molecular weight is 583 g/mol. The minimum atomic E-state index is -0.898. The number of imide groups is 2. The summed E-state index contributed by atoms with van der Waals surface area (Å²) in [5, 5.41) is 2.21. The molecule has 0 radical (unpaired) electrons. The lowest BCUT2D eigenvalue weighted by Crippen LogP contribution is -2.54. The fraction of sp³-hybridized carbons (Fsp3) is 0.179. The van der Waals surface area contributed by atoms with Gasteiger partial charge in [-0.05, 0) is 71.7 Å². The Morgan fingerprint density at radius 1 is 0.921 bits per heavy atom. The Morgan fingerprint density at radius 3 is 2.37 bits per heavy atom. The van der Waals surface area contributed by atoms with Gasteiger partial charge in [0.05, 0.1) is 23.4 Å². The van der Waals surface area contributed by atoms with E-state index < -0.39 is 17.8 Å². The molecule has 8 nitrogen and oxygen atoms in total. The maximum absolute atomic E-state index is 13.9. The first-order valence-electron chi connectivity index (χ1n) is 11.8. The van der Waals surface area contributed by atoms with Gasteiger partial charge < -0.3 is 14.2 Å². The summed E-state index contributed by atoms with van der Waals surface area (Å²) in [7, 11) is 0. The summed E-state index contributed by atoms with van der Waals surface area (Å²) in [4.78, 5) is 39.7. The van der Waals surface area contributed by atoms with Gasteiger partial charge >= 0.3 is 6.03 Å². The molecule has 1 heterocycles.